The number of Topliss-reactive ketones (excluding diaryl/α,β-unsaturated/α-hetero) is 1. The summed E-state index contributed by atoms with van der Waals surface area (Å²) in [5.41, 5.74) is 1.39. The fourth-order valence-corrected chi connectivity index (χ4v) is 1.82. The van der Waals surface area contributed by atoms with Gasteiger partial charge in [-0.3, -0.25) is 4.79 Å². The Balaban J connectivity index is 2.61. The summed E-state index contributed by atoms with van der Waals surface area (Å²) in [6, 6.07) is 0. The maximum atomic E-state index is 11.1. The number of allylic oxidation sites excluding steroid dienone is 2. The zero-order valence-corrected chi connectivity index (χ0v) is 7.39. The van der Waals surface area contributed by atoms with E-state index in [9.17, 15) is 4.79 Å². The first kappa shape index (κ1) is 8.51. The van der Waals surface area contributed by atoms with E-state index in [2.05, 4.69) is 13.0 Å². The van der Waals surface area contributed by atoms with Crippen molar-refractivity contribution in [2.75, 3.05) is 0 Å². The van der Waals surface area contributed by atoms with Crippen LogP contribution in [0.15, 0.2) is 11.6 Å². The number of carbonyl (C=O) groups is 1. The molecule has 1 unspecified atom stereocenters. The smallest absolute Gasteiger partial charge is 0.136 e. The summed E-state index contributed by atoms with van der Waals surface area (Å²) in [5, 5.41) is 0. The van der Waals surface area contributed by atoms with Crippen molar-refractivity contribution >= 4 is 5.78 Å². The highest BCUT2D eigenvalue weighted by Crippen LogP contribution is 2.27. The molecule has 1 nitrogen and oxygen atoms in total. The lowest BCUT2D eigenvalue weighted by Crippen LogP contribution is -2.11. The van der Waals surface area contributed by atoms with Gasteiger partial charge in [0.1, 0.15) is 5.78 Å². The minimum atomic E-state index is 0.234. The Labute approximate surface area is 68.5 Å². The molecule has 0 fully saturated rings. The monoisotopic (exact) mass is 152 g/mol. The molecule has 62 valence electrons. The third kappa shape index (κ3) is 1.92. The van der Waals surface area contributed by atoms with Gasteiger partial charge >= 0.3 is 0 Å². The molecule has 1 heteroatoms. The highest BCUT2D eigenvalue weighted by atomic mass is 16.1. The van der Waals surface area contributed by atoms with Crippen LogP contribution in [0.2, 0.25) is 0 Å². The zero-order chi connectivity index (χ0) is 8.27. The van der Waals surface area contributed by atoms with Gasteiger partial charge in [0.05, 0.1) is 0 Å². The van der Waals surface area contributed by atoms with Gasteiger partial charge in [0.2, 0.25) is 0 Å². The SMILES string of the molecule is CCC(C(C)=O)C1=CCCC1. The van der Waals surface area contributed by atoms with Gasteiger partial charge in [-0.15, -0.1) is 0 Å². The van der Waals surface area contributed by atoms with Crippen LogP contribution in [0.5, 0.6) is 0 Å². The number of hydrogen-bond acceptors (Lipinski definition) is 1. The fraction of sp³-hybridized carbons (Fsp3) is 0.700. The number of rotatable bonds is 3. The topological polar surface area (TPSA) is 17.1 Å². The van der Waals surface area contributed by atoms with Crippen LogP contribution < -0.4 is 0 Å². The van der Waals surface area contributed by atoms with Crippen LogP contribution in [0.3, 0.4) is 0 Å². The average molecular weight is 152 g/mol. The molecule has 0 aromatic rings. The third-order valence-corrected chi connectivity index (χ3v) is 2.42. The Bertz CT molecular complexity index is 179. The van der Waals surface area contributed by atoms with E-state index in [1.54, 1.807) is 6.92 Å². The molecular weight excluding hydrogens is 136 g/mol. The molecule has 0 saturated heterocycles. The van der Waals surface area contributed by atoms with Crippen LogP contribution >= 0.6 is 0 Å². The summed E-state index contributed by atoms with van der Waals surface area (Å²) in [6.07, 6.45) is 6.80. The molecule has 0 aromatic heterocycles. The molecule has 0 aliphatic heterocycles. The normalized spacial score (nSPS) is 19.6. The van der Waals surface area contributed by atoms with E-state index < -0.39 is 0 Å². The van der Waals surface area contributed by atoms with Gasteiger partial charge < -0.3 is 0 Å². The van der Waals surface area contributed by atoms with Crippen LogP contribution in [-0.4, -0.2) is 5.78 Å². The summed E-state index contributed by atoms with van der Waals surface area (Å²) in [5.74, 6) is 0.568. The van der Waals surface area contributed by atoms with Crippen molar-refractivity contribution in [3.05, 3.63) is 11.6 Å². The van der Waals surface area contributed by atoms with Gasteiger partial charge in [-0.1, -0.05) is 18.6 Å². The van der Waals surface area contributed by atoms with Gasteiger partial charge in [-0.2, -0.15) is 0 Å². The average Bonchev–Trinajstić information content (AvgIpc) is 2.40. The standard InChI is InChI=1S/C10H16O/c1-3-10(8(2)11)9-6-4-5-7-9/h6,10H,3-5,7H2,1-2H3. The van der Waals surface area contributed by atoms with Crippen molar-refractivity contribution < 1.29 is 4.79 Å². The Kier molecular flexibility index (Phi) is 2.86. The minimum absolute atomic E-state index is 0.234. The molecule has 0 radical (unpaired) electrons. The van der Waals surface area contributed by atoms with Crippen molar-refractivity contribution in [1.29, 1.82) is 0 Å². The highest BCUT2D eigenvalue weighted by Gasteiger charge is 2.18. The summed E-state index contributed by atoms with van der Waals surface area (Å²) in [6.45, 7) is 3.79. The molecule has 0 amide bonds. The second kappa shape index (κ2) is 3.70. The Morgan fingerprint density at radius 3 is 2.82 bits per heavy atom. The fourth-order valence-electron chi connectivity index (χ4n) is 1.82. The van der Waals surface area contributed by atoms with Gasteiger partial charge in [-0.25, -0.2) is 0 Å². The van der Waals surface area contributed by atoms with Crippen molar-refractivity contribution in [3.8, 4) is 0 Å². The van der Waals surface area contributed by atoms with Crippen molar-refractivity contribution in [2.45, 2.75) is 39.5 Å². The first-order valence-electron chi connectivity index (χ1n) is 4.45. The number of ketones is 1. The third-order valence-electron chi connectivity index (χ3n) is 2.42. The molecule has 0 bridgehead atoms. The van der Waals surface area contributed by atoms with Crippen LogP contribution in [0.4, 0.5) is 0 Å². The Morgan fingerprint density at radius 1 is 1.73 bits per heavy atom. The molecule has 0 spiro atoms. The first-order chi connectivity index (χ1) is 5.25. The van der Waals surface area contributed by atoms with Gasteiger partial charge in [-0.05, 0) is 32.6 Å². The van der Waals surface area contributed by atoms with E-state index in [1.807, 2.05) is 0 Å². The highest BCUT2D eigenvalue weighted by molar-refractivity contribution is 5.81. The molecule has 1 atom stereocenters. The quantitative estimate of drug-likeness (QED) is 0.568. The summed E-state index contributed by atoms with van der Waals surface area (Å²) in [4.78, 5) is 11.1. The van der Waals surface area contributed by atoms with E-state index >= 15 is 0 Å². The molecule has 11 heavy (non-hydrogen) atoms. The molecule has 0 heterocycles. The number of hydrogen-bond donors (Lipinski definition) is 0. The van der Waals surface area contributed by atoms with E-state index in [1.165, 1.54) is 18.4 Å². The predicted molar refractivity (Wildman–Crippen MR) is 46.4 cm³/mol. The summed E-state index contributed by atoms with van der Waals surface area (Å²) in [7, 11) is 0. The molecule has 1 aliphatic carbocycles. The van der Waals surface area contributed by atoms with Crippen molar-refractivity contribution in [3.63, 3.8) is 0 Å². The van der Waals surface area contributed by atoms with E-state index in [4.69, 9.17) is 0 Å². The Morgan fingerprint density at radius 2 is 2.45 bits per heavy atom. The Hall–Kier alpha value is -0.590. The van der Waals surface area contributed by atoms with Crippen molar-refractivity contribution in [2.24, 2.45) is 5.92 Å². The van der Waals surface area contributed by atoms with E-state index in [0.29, 0.717) is 5.78 Å². The van der Waals surface area contributed by atoms with Gasteiger partial charge in [0.15, 0.2) is 0 Å². The van der Waals surface area contributed by atoms with E-state index in [-0.39, 0.29) is 5.92 Å². The second-order valence-electron chi connectivity index (χ2n) is 3.24. The number of carbonyl (C=O) groups excluding carboxylic acids is 1. The molecule has 0 saturated carbocycles. The first-order valence-corrected chi connectivity index (χ1v) is 4.45. The maximum absolute atomic E-state index is 11.1. The lowest BCUT2D eigenvalue weighted by molar-refractivity contribution is -0.119. The van der Waals surface area contributed by atoms with Crippen LogP contribution in [0, 0.1) is 5.92 Å². The largest absolute Gasteiger partial charge is 0.299 e. The lowest BCUT2D eigenvalue weighted by atomic mass is 9.92. The second-order valence-corrected chi connectivity index (χ2v) is 3.24. The summed E-state index contributed by atoms with van der Waals surface area (Å²) < 4.78 is 0. The molecule has 0 N–H and O–H groups in total. The molecule has 0 aromatic carbocycles. The van der Waals surface area contributed by atoms with E-state index in [0.717, 1.165) is 12.8 Å². The van der Waals surface area contributed by atoms with Crippen LogP contribution in [0.25, 0.3) is 0 Å². The minimum Gasteiger partial charge on any atom is -0.299 e. The van der Waals surface area contributed by atoms with Crippen LogP contribution in [0.1, 0.15) is 39.5 Å². The molecular formula is C10H16O. The van der Waals surface area contributed by atoms with Gasteiger partial charge in [0.25, 0.3) is 0 Å². The molecule has 1 rings (SSSR count). The van der Waals surface area contributed by atoms with Crippen LogP contribution in [-0.2, 0) is 4.79 Å². The van der Waals surface area contributed by atoms with Gasteiger partial charge in [0, 0.05) is 5.92 Å². The summed E-state index contributed by atoms with van der Waals surface area (Å²) >= 11 is 0. The zero-order valence-electron chi connectivity index (χ0n) is 7.39. The maximum Gasteiger partial charge on any atom is 0.136 e. The predicted octanol–water partition coefficient (Wildman–Crippen LogP) is 2.71. The lowest BCUT2D eigenvalue weighted by Gasteiger charge is -2.11. The van der Waals surface area contributed by atoms with Crippen molar-refractivity contribution in [1.82, 2.24) is 0 Å². The molecule has 1 aliphatic rings.